The van der Waals surface area contributed by atoms with E-state index in [0.717, 1.165) is 17.7 Å². The monoisotopic (exact) mass is 436 g/mol. The topological polar surface area (TPSA) is 57.7 Å². The summed E-state index contributed by atoms with van der Waals surface area (Å²) in [6.45, 7) is 3.40. The Morgan fingerprint density at radius 1 is 1.19 bits per heavy atom. The predicted octanol–water partition coefficient (Wildman–Crippen LogP) is 2.75. The van der Waals surface area contributed by atoms with E-state index in [1.54, 1.807) is 40.9 Å². The summed E-state index contributed by atoms with van der Waals surface area (Å²) >= 11 is 13.5. The highest BCUT2D eigenvalue weighted by molar-refractivity contribution is 7.99. The van der Waals surface area contributed by atoms with E-state index < -0.39 is 14.4 Å². The molecule has 26 heavy (non-hydrogen) atoms. The van der Waals surface area contributed by atoms with E-state index in [0.29, 0.717) is 36.8 Å². The first-order chi connectivity index (χ1) is 12.2. The second-order valence-corrected chi connectivity index (χ2v) is 11.3. The minimum absolute atomic E-state index is 0.0396. The molecule has 1 saturated heterocycles. The second-order valence-electron chi connectivity index (χ2n) is 6.78. The fraction of sp³-hybridized carbons (Fsp3) is 0.588. The molecule has 1 aromatic rings. The quantitative estimate of drug-likeness (QED) is 0.643. The normalized spacial score (nSPS) is 23.0. The van der Waals surface area contributed by atoms with Crippen LogP contribution in [0.2, 0.25) is 0 Å². The third kappa shape index (κ3) is 4.68. The van der Waals surface area contributed by atoms with Gasteiger partial charge in [0, 0.05) is 32.1 Å². The summed E-state index contributed by atoms with van der Waals surface area (Å²) in [6.07, 6.45) is 0.785. The molecule has 0 spiro atoms. The van der Waals surface area contributed by atoms with Gasteiger partial charge in [-0.05, 0) is 31.2 Å². The Morgan fingerprint density at radius 2 is 1.77 bits per heavy atom. The van der Waals surface area contributed by atoms with Gasteiger partial charge in [-0.3, -0.25) is 4.79 Å². The molecule has 0 N–H and O–H groups in total. The summed E-state index contributed by atoms with van der Waals surface area (Å²) in [5.41, 5.74) is 1.02. The lowest BCUT2D eigenvalue weighted by atomic mass is 10.2. The van der Waals surface area contributed by atoms with E-state index in [1.807, 2.05) is 6.92 Å². The third-order valence-electron chi connectivity index (χ3n) is 4.75. The van der Waals surface area contributed by atoms with Gasteiger partial charge in [0.25, 0.3) is 0 Å². The van der Waals surface area contributed by atoms with Crippen molar-refractivity contribution in [1.29, 1.82) is 0 Å². The van der Waals surface area contributed by atoms with Crippen molar-refractivity contribution in [1.82, 2.24) is 9.21 Å². The van der Waals surface area contributed by atoms with E-state index in [4.69, 9.17) is 23.2 Å². The number of hydrogen-bond donors (Lipinski definition) is 0. The average Bonchev–Trinajstić information content (AvgIpc) is 3.22. The van der Waals surface area contributed by atoms with Gasteiger partial charge in [0.1, 0.15) is 4.33 Å². The Bertz CT molecular complexity index is 761. The zero-order valence-corrected chi connectivity index (χ0v) is 17.7. The Labute approximate surface area is 169 Å². The molecule has 9 heteroatoms. The molecule has 144 valence electrons. The summed E-state index contributed by atoms with van der Waals surface area (Å²) in [5, 5.41) is 0. The van der Waals surface area contributed by atoms with Gasteiger partial charge < -0.3 is 4.90 Å². The molecule has 3 rings (SSSR count). The minimum atomic E-state index is -3.50. The molecule has 0 bridgehead atoms. The number of amides is 1. The first-order valence-electron chi connectivity index (χ1n) is 8.50. The number of nitrogens with zero attached hydrogens (tertiary/aromatic N) is 2. The van der Waals surface area contributed by atoms with Crippen LogP contribution in [0.15, 0.2) is 29.2 Å². The zero-order chi connectivity index (χ0) is 18.9. The molecule has 1 aromatic carbocycles. The van der Waals surface area contributed by atoms with Gasteiger partial charge in [-0.2, -0.15) is 16.1 Å². The zero-order valence-electron chi connectivity index (χ0n) is 14.5. The Morgan fingerprint density at radius 3 is 2.31 bits per heavy atom. The smallest absolute Gasteiger partial charge is 0.243 e. The molecule has 1 amide bonds. The molecule has 2 fully saturated rings. The van der Waals surface area contributed by atoms with Crippen molar-refractivity contribution >= 4 is 50.9 Å². The number of thioether (sulfide) groups is 1. The second kappa shape index (κ2) is 7.87. The number of alkyl halides is 2. The maximum Gasteiger partial charge on any atom is 0.243 e. The first-order valence-corrected chi connectivity index (χ1v) is 11.9. The summed E-state index contributed by atoms with van der Waals surface area (Å²) in [6, 6.07) is 6.84. The Kier molecular flexibility index (Phi) is 6.14. The van der Waals surface area contributed by atoms with Crippen molar-refractivity contribution in [3.05, 3.63) is 29.8 Å². The number of benzene rings is 1. The molecule has 0 radical (unpaired) electrons. The number of halogens is 2. The van der Waals surface area contributed by atoms with Crippen LogP contribution in [0.1, 0.15) is 12.0 Å². The maximum atomic E-state index is 12.7. The number of sulfonamides is 1. The van der Waals surface area contributed by atoms with Gasteiger partial charge >= 0.3 is 0 Å². The number of rotatable bonds is 6. The summed E-state index contributed by atoms with van der Waals surface area (Å²) in [7, 11) is -3.50. The third-order valence-corrected chi connectivity index (χ3v) is 8.68. The van der Waals surface area contributed by atoms with Crippen LogP contribution in [0.4, 0.5) is 0 Å². The van der Waals surface area contributed by atoms with Crippen LogP contribution in [-0.2, 0) is 14.8 Å². The van der Waals surface area contributed by atoms with Gasteiger partial charge in [-0.15, -0.1) is 23.2 Å². The van der Waals surface area contributed by atoms with Crippen LogP contribution in [0.3, 0.4) is 0 Å². The van der Waals surface area contributed by atoms with Crippen LogP contribution < -0.4 is 0 Å². The van der Waals surface area contributed by atoms with Gasteiger partial charge in [0.15, 0.2) is 0 Å². The number of carbonyl (C=O) groups excluding carboxylic acids is 1. The van der Waals surface area contributed by atoms with Crippen LogP contribution in [0.25, 0.3) is 0 Å². The van der Waals surface area contributed by atoms with Crippen LogP contribution in [0, 0.1) is 12.8 Å². The maximum absolute atomic E-state index is 12.7. The molecule has 1 atom stereocenters. The van der Waals surface area contributed by atoms with E-state index in [-0.39, 0.29) is 11.8 Å². The lowest BCUT2D eigenvalue weighted by Gasteiger charge is -2.34. The van der Waals surface area contributed by atoms with Crippen molar-refractivity contribution in [3.8, 4) is 0 Å². The highest BCUT2D eigenvalue weighted by Crippen LogP contribution is 2.54. The summed E-state index contributed by atoms with van der Waals surface area (Å²) < 4.78 is 26.2. The molecule has 2 aliphatic rings. The first kappa shape index (κ1) is 20.3. The van der Waals surface area contributed by atoms with Crippen LogP contribution >= 0.6 is 35.0 Å². The minimum Gasteiger partial charge on any atom is -0.339 e. The van der Waals surface area contributed by atoms with Gasteiger partial charge in [-0.1, -0.05) is 17.7 Å². The standard InChI is InChI=1S/C17H22Cl2N2O3S2/c1-13-2-4-15(5-3-13)26(23,24)21-8-6-20(7-9-21)16(22)12-25-11-14-10-17(14,18)19/h2-5,14H,6-12H2,1H3/t14-/m0/s1. The van der Waals surface area contributed by atoms with Gasteiger partial charge in [0.2, 0.25) is 15.9 Å². The van der Waals surface area contributed by atoms with Crippen molar-refractivity contribution in [3.63, 3.8) is 0 Å². The highest BCUT2D eigenvalue weighted by Gasteiger charge is 2.51. The van der Waals surface area contributed by atoms with E-state index in [2.05, 4.69) is 0 Å². The van der Waals surface area contributed by atoms with Gasteiger partial charge in [-0.25, -0.2) is 8.42 Å². The molecule has 0 unspecified atom stereocenters. The lowest BCUT2D eigenvalue weighted by molar-refractivity contribution is -0.129. The number of hydrogen-bond acceptors (Lipinski definition) is 4. The average molecular weight is 437 g/mol. The van der Waals surface area contributed by atoms with Crippen LogP contribution in [0.5, 0.6) is 0 Å². The molecule has 1 heterocycles. The van der Waals surface area contributed by atoms with Crippen molar-refractivity contribution in [2.75, 3.05) is 37.7 Å². The molecular formula is C17H22Cl2N2O3S2. The SMILES string of the molecule is Cc1ccc(S(=O)(=O)N2CCN(C(=O)CSC[C@@H]3CC3(Cl)Cl)CC2)cc1. The van der Waals surface area contributed by atoms with Crippen molar-refractivity contribution in [2.45, 2.75) is 22.6 Å². The Balaban J connectivity index is 1.47. The molecule has 1 saturated carbocycles. The fourth-order valence-electron chi connectivity index (χ4n) is 2.87. The van der Waals surface area contributed by atoms with Crippen molar-refractivity contribution in [2.24, 2.45) is 5.92 Å². The molecule has 1 aliphatic carbocycles. The molecule has 5 nitrogen and oxygen atoms in total. The number of carbonyl (C=O) groups is 1. The number of aryl methyl sites for hydroxylation is 1. The molecule has 1 aliphatic heterocycles. The fourth-order valence-corrected chi connectivity index (χ4v) is 6.16. The highest BCUT2D eigenvalue weighted by atomic mass is 35.5. The largest absolute Gasteiger partial charge is 0.339 e. The van der Waals surface area contributed by atoms with Crippen molar-refractivity contribution < 1.29 is 13.2 Å². The van der Waals surface area contributed by atoms with Gasteiger partial charge in [0.05, 0.1) is 10.6 Å². The van der Waals surface area contributed by atoms with E-state index in [9.17, 15) is 13.2 Å². The summed E-state index contributed by atoms with van der Waals surface area (Å²) in [4.78, 5) is 14.3. The molecule has 0 aromatic heterocycles. The lowest BCUT2D eigenvalue weighted by Crippen LogP contribution is -2.51. The number of piperazine rings is 1. The van der Waals surface area contributed by atoms with E-state index in [1.165, 1.54) is 4.31 Å². The molecular weight excluding hydrogens is 415 g/mol. The Hall–Kier alpha value is -0.470. The summed E-state index contributed by atoms with van der Waals surface area (Å²) in [5.74, 6) is 1.46. The predicted molar refractivity (Wildman–Crippen MR) is 106 cm³/mol. The van der Waals surface area contributed by atoms with E-state index >= 15 is 0 Å². The van der Waals surface area contributed by atoms with Crippen LogP contribution in [-0.4, -0.2) is 65.5 Å².